The van der Waals surface area contributed by atoms with Crippen molar-refractivity contribution in [2.45, 2.75) is 64.3 Å². The van der Waals surface area contributed by atoms with Gasteiger partial charge in [0.1, 0.15) is 10.8 Å². The highest BCUT2D eigenvalue weighted by Gasteiger charge is 2.26. The zero-order valence-electron chi connectivity index (χ0n) is 21.6. The second-order valence-corrected chi connectivity index (χ2v) is 10.7. The van der Waals surface area contributed by atoms with Crippen molar-refractivity contribution in [3.63, 3.8) is 0 Å². The van der Waals surface area contributed by atoms with Crippen LogP contribution in [0.25, 0.3) is 11.4 Å². The van der Waals surface area contributed by atoms with E-state index in [9.17, 15) is 14.4 Å². The van der Waals surface area contributed by atoms with Crippen molar-refractivity contribution < 1.29 is 23.9 Å². The molecular weight excluding hydrogens is 526 g/mol. The monoisotopic (exact) mass is 557 g/mol. The summed E-state index contributed by atoms with van der Waals surface area (Å²) in [6.45, 7) is 6.05. The highest BCUT2D eigenvalue weighted by molar-refractivity contribution is 7.99. The van der Waals surface area contributed by atoms with Gasteiger partial charge >= 0.3 is 5.97 Å². The Morgan fingerprint density at radius 2 is 1.87 bits per heavy atom. The van der Waals surface area contributed by atoms with Gasteiger partial charge in [0.25, 0.3) is 5.91 Å². The molecule has 3 N–H and O–H groups in total. The van der Waals surface area contributed by atoms with Gasteiger partial charge in [0.05, 0.1) is 28.9 Å². The van der Waals surface area contributed by atoms with Crippen LogP contribution in [0.5, 0.6) is 5.75 Å². The average molecular weight is 558 g/mol. The van der Waals surface area contributed by atoms with E-state index in [1.807, 2.05) is 35.8 Å². The zero-order chi connectivity index (χ0) is 27.2. The van der Waals surface area contributed by atoms with Gasteiger partial charge in [-0.1, -0.05) is 11.8 Å². The van der Waals surface area contributed by atoms with E-state index in [2.05, 4.69) is 15.5 Å². The predicted molar refractivity (Wildman–Crippen MR) is 147 cm³/mol. The summed E-state index contributed by atoms with van der Waals surface area (Å²) in [6.07, 6.45) is 4.93. The predicted octanol–water partition coefficient (Wildman–Crippen LogP) is 4.66. The molecule has 12 heteroatoms. The number of nitrogens with one attached hydrogen (secondary N) is 1. The van der Waals surface area contributed by atoms with E-state index in [4.69, 9.17) is 15.2 Å². The standard InChI is InChI=1S/C26H31N5O5S2/c1-4-31-23(16-10-12-18(13-11-16)36-17-8-6-7-9-17)29-30-26(31)37-14-19(32)28-24-20(25(34)35-5-2)15(3)21(38-24)22(27)33/h10-13,17H,4-9,14H2,1-3H3,(H2,27,33)(H,28,32). The summed E-state index contributed by atoms with van der Waals surface area (Å²) in [4.78, 5) is 37.2. The van der Waals surface area contributed by atoms with Crippen molar-refractivity contribution in [1.29, 1.82) is 0 Å². The maximum atomic E-state index is 12.8. The number of benzene rings is 1. The molecule has 38 heavy (non-hydrogen) atoms. The van der Waals surface area contributed by atoms with Crippen LogP contribution in [0.3, 0.4) is 0 Å². The number of nitrogens with zero attached hydrogens (tertiary/aromatic N) is 3. The van der Waals surface area contributed by atoms with E-state index in [0.29, 0.717) is 29.2 Å². The minimum Gasteiger partial charge on any atom is -0.490 e. The van der Waals surface area contributed by atoms with Crippen LogP contribution < -0.4 is 15.8 Å². The molecule has 2 heterocycles. The smallest absolute Gasteiger partial charge is 0.341 e. The fraction of sp³-hybridized carbons (Fsp3) is 0.423. The normalized spacial score (nSPS) is 13.4. The number of thiophene rings is 1. The lowest BCUT2D eigenvalue weighted by atomic mass is 10.1. The van der Waals surface area contributed by atoms with E-state index in [0.717, 1.165) is 35.5 Å². The van der Waals surface area contributed by atoms with Crippen LogP contribution in [0, 0.1) is 6.92 Å². The minimum absolute atomic E-state index is 0.0252. The number of thioether (sulfide) groups is 1. The number of aromatic nitrogens is 3. The minimum atomic E-state index is -0.672. The first-order valence-corrected chi connectivity index (χ1v) is 14.4. The number of carbonyl (C=O) groups excluding carboxylic acids is 3. The van der Waals surface area contributed by atoms with Crippen LogP contribution in [0.4, 0.5) is 5.00 Å². The number of amides is 2. The molecule has 1 saturated carbocycles. The summed E-state index contributed by atoms with van der Waals surface area (Å²) in [5.74, 6) is -0.0792. The molecule has 10 nitrogen and oxygen atoms in total. The Morgan fingerprint density at radius 1 is 1.16 bits per heavy atom. The van der Waals surface area contributed by atoms with Crippen LogP contribution in [0.15, 0.2) is 29.4 Å². The lowest BCUT2D eigenvalue weighted by Gasteiger charge is -2.13. The van der Waals surface area contributed by atoms with E-state index in [1.165, 1.54) is 24.6 Å². The fourth-order valence-electron chi connectivity index (χ4n) is 4.35. The number of rotatable bonds is 11. The molecule has 2 aromatic heterocycles. The van der Waals surface area contributed by atoms with Gasteiger partial charge in [0, 0.05) is 12.1 Å². The van der Waals surface area contributed by atoms with Crippen LogP contribution in [0.1, 0.15) is 65.1 Å². The van der Waals surface area contributed by atoms with E-state index < -0.39 is 11.9 Å². The second-order valence-electron chi connectivity index (χ2n) is 8.78. The van der Waals surface area contributed by atoms with Crippen molar-refractivity contribution in [3.05, 3.63) is 40.3 Å². The summed E-state index contributed by atoms with van der Waals surface area (Å²) in [5.41, 5.74) is 6.87. The van der Waals surface area contributed by atoms with Crippen LogP contribution in [-0.2, 0) is 16.1 Å². The lowest BCUT2D eigenvalue weighted by Crippen LogP contribution is -2.17. The number of primary amides is 1. The van der Waals surface area contributed by atoms with Crippen molar-refractivity contribution in [2.24, 2.45) is 5.73 Å². The van der Waals surface area contributed by atoms with Crippen molar-refractivity contribution in [1.82, 2.24) is 14.8 Å². The summed E-state index contributed by atoms with van der Waals surface area (Å²) < 4.78 is 13.1. The first kappa shape index (κ1) is 27.6. The van der Waals surface area contributed by atoms with Gasteiger partial charge in [-0.05, 0) is 76.3 Å². The quantitative estimate of drug-likeness (QED) is 0.256. The number of carbonyl (C=O) groups is 3. The molecular formula is C26H31N5O5S2. The van der Waals surface area contributed by atoms with Crippen molar-refractivity contribution in [3.8, 4) is 17.1 Å². The molecule has 0 radical (unpaired) electrons. The molecule has 0 bridgehead atoms. The maximum Gasteiger partial charge on any atom is 0.341 e. The molecule has 3 aromatic rings. The van der Waals surface area contributed by atoms with Crippen molar-refractivity contribution >= 4 is 45.9 Å². The van der Waals surface area contributed by atoms with E-state index in [1.54, 1.807) is 13.8 Å². The molecule has 4 rings (SSSR count). The number of esters is 1. The van der Waals surface area contributed by atoms with Crippen LogP contribution in [0.2, 0.25) is 0 Å². The lowest BCUT2D eigenvalue weighted by molar-refractivity contribution is -0.113. The van der Waals surface area contributed by atoms with E-state index in [-0.39, 0.29) is 33.7 Å². The molecule has 1 aliphatic rings. The first-order valence-electron chi connectivity index (χ1n) is 12.6. The first-order chi connectivity index (χ1) is 18.3. The molecule has 2 amide bonds. The summed E-state index contributed by atoms with van der Waals surface area (Å²) in [6, 6.07) is 7.84. The van der Waals surface area contributed by atoms with Crippen LogP contribution >= 0.6 is 23.1 Å². The molecule has 0 spiro atoms. The molecule has 202 valence electrons. The number of ether oxygens (including phenoxy) is 2. The molecule has 0 atom stereocenters. The third-order valence-electron chi connectivity index (χ3n) is 6.19. The average Bonchev–Trinajstić information content (AvgIpc) is 3.62. The van der Waals surface area contributed by atoms with Gasteiger partial charge in [-0.15, -0.1) is 21.5 Å². The Balaban J connectivity index is 1.43. The summed E-state index contributed by atoms with van der Waals surface area (Å²) in [5, 5.41) is 12.2. The van der Waals surface area contributed by atoms with Gasteiger partial charge in [-0.2, -0.15) is 0 Å². The number of hydrogen-bond acceptors (Lipinski definition) is 9. The van der Waals surface area contributed by atoms with Crippen molar-refractivity contribution in [2.75, 3.05) is 17.7 Å². The Hall–Kier alpha value is -3.38. The molecule has 1 fully saturated rings. The Labute approximate surface area is 229 Å². The third kappa shape index (κ3) is 6.18. The Bertz CT molecular complexity index is 1310. The zero-order valence-corrected chi connectivity index (χ0v) is 23.2. The Morgan fingerprint density at radius 3 is 2.50 bits per heavy atom. The highest BCUT2D eigenvalue weighted by Crippen LogP contribution is 2.34. The van der Waals surface area contributed by atoms with Gasteiger partial charge < -0.3 is 25.1 Å². The second kappa shape index (κ2) is 12.4. The molecule has 0 saturated heterocycles. The molecule has 1 aromatic carbocycles. The van der Waals surface area contributed by atoms with Gasteiger partial charge in [-0.25, -0.2) is 4.79 Å². The molecule has 0 unspecified atom stereocenters. The highest BCUT2D eigenvalue weighted by atomic mass is 32.2. The SMILES string of the molecule is CCOC(=O)c1c(NC(=O)CSc2nnc(-c3ccc(OC4CCCC4)cc3)n2CC)sc(C(N)=O)c1C. The molecule has 1 aliphatic carbocycles. The summed E-state index contributed by atoms with van der Waals surface area (Å²) >= 11 is 2.19. The number of nitrogens with two attached hydrogens (primary N) is 1. The van der Waals surface area contributed by atoms with Gasteiger partial charge in [-0.3, -0.25) is 9.59 Å². The largest absolute Gasteiger partial charge is 0.490 e. The Kier molecular flexibility index (Phi) is 9.05. The number of hydrogen-bond donors (Lipinski definition) is 2. The van der Waals surface area contributed by atoms with Crippen LogP contribution in [-0.4, -0.2) is 51.0 Å². The van der Waals surface area contributed by atoms with Gasteiger partial charge in [0.15, 0.2) is 11.0 Å². The molecule has 0 aliphatic heterocycles. The summed E-state index contributed by atoms with van der Waals surface area (Å²) in [7, 11) is 0. The van der Waals surface area contributed by atoms with Gasteiger partial charge in [0.2, 0.25) is 5.91 Å². The maximum absolute atomic E-state index is 12.8. The fourth-order valence-corrected chi connectivity index (χ4v) is 6.22. The van der Waals surface area contributed by atoms with E-state index >= 15 is 0 Å². The topological polar surface area (TPSA) is 138 Å². The number of anilines is 1. The third-order valence-corrected chi connectivity index (χ3v) is 8.37.